The Morgan fingerprint density at radius 3 is 2.65 bits per heavy atom. The second kappa shape index (κ2) is 5.17. The van der Waals surface area contributed by atoms with E-state index in [4.69, 9.17) is 0 Å². The van der Waals surface area contributed by atoms with Crippen molar-refractivity contribution < 1.29 is 14.3 Å². The molecule has 4 heteroatoms. The maximum Gasteiger partial charge on any atom is 0.339 e. The molecule has 0 bridgehead atoms. The van der Waals surface area contributed by atoms with Gasteiger partial charge < -0.3 is 9.72 Å². The van der Waals surface area contributed by atoms with Crippen molar-refractivity contribution in [3.8, 4) is 0 Å². The summed E-state index contributed by atoms with van der Waals surface area (Å²) < 4.78 is 4.60. The number of carbonyl (C=O) groups excluding carboxylic acids is 2. The summed E-state index contributed by atoms with van der Waals surface area (Å²) >= 11 is 0. The third kappa shape index (κ3) is 2.57. The second-order valence-corrected chi connectivity index (χ2v) is 4.49. The van der Waals surface area contributed by atoms with E-state index in [1.54, 1.807) is 6.07 Å². The lowest BCUT2D eigenvalue weighted by Crippen LogP contribution is -2.18. The minimum Gasteiger partial charge on any atom is -0.465 e. The number of ether oxygens (including phenoxy) is 1. The second-order valence-electron chi connectivity index (χ2n) is 4.49. The van der Waals surface area contributed by atoms with E-state index in [0.29, 0.717) is 11.3 Å². The number of methoxy groups -OCH3 is 1. The normalized spacial score (nSPS) is 16.8. The largest absolute Gasteiger partial charge is 0.465 e. The maximum absolute atomic E-state index is 12.1. The van der Waals surface area contributed by atoms with Crippen LogP contribution in [0.25, 0.3) is 0 Å². The third-order valence-corrected chi connectivity index (χ3v) is 3.35. The first-order valence-electron chi connectivity index (χ1n) is 6.03. The maximum atomic E-state index is 12.1. The van der Waals surface area contributed by atoms with Crippen LogP contribution in [0.4, 0.5) is 0 Å². The molecular weight excluding hydrogens is 218 g/mol. The quantitative estimate of drug-likeness (QED) is 0.647. The first kappa shape index (κ1) is 11.9. The van der Waals surface area contributed by atoms with Gasteiger partial charge in [0.2, 0.25) is 0 Å². The summed E-state index contributed by atoms with van der Waals surface area (Å²) in [7, 11) is 1.33. The molecule has 0 radical (unpaired) electrons. The molecule has 17 heavy (non-hydrogen) atoms. The van der Waals surface area contributed by atoms with E-state index in [2.05, 4.69) is 9.72 Å². The van der Waals surface area contributed by atoms with Crippen LogP contribution in [0.15, 0.2) is 12.3 Å². The molecule has 1 aliphatic rings. The Bertz CT molecular complexity index is 416. The molecule has 1 N–H and O–H groups in total. The summed E-state index contributed by atoms with van der Waals surface area (Å²) in [5, 5.41) is 0. The van der Waals surface area contributed by atoms with Crippen molar-refractivity contribution in [2.75, 3.05) is 7.11 Å². The molecule has 1 fully saturated rings. The fourth-order valence-electron chi connectivity index (χ4n) is 2.36. The average Bonchev–Trinajstić information content (AvgIpc) is 2.87. The number of rotatable bonds is 3. The van der Waals surface area contributed by atoms with Crippen LogP contribution in [0.5, 0.6) is 0 Å². The molecule has 0 aromatic carbocycles. The fraction of sp³-hybridized carbons (Fsp3) is 0.538. The van der Waals surface area contributed by atoms with Gasteiger partial charge in [0.1, 0.15) is 0 Å². The molecule has 0 spiro atoms. The van der Waals surface area contributed by atoms with E-state index >= 15 is 0 Å². The molecule has 92 valence electrons. The molecule has 2 rings (SSSR count). The first-order chi connectivity index (χ1) is 8.22. The van der Waals surface area contributed by atoms with Crippen LogP contribution in [0.2, 0.25) is 0 Å². The van der Waals surface area contributed by atoms with Crippen LogP contribution in [-0.2, 0) is 4.74 Å². The number of esters is 1. The molecule has 4 nitrogen and oxygen atoms in total. The summed E-state index contributed by atoms with van der Waals surface area (Å²) in [6.45, 7) is 0. The van der Waals surface area contributed by atoms with E-state index in [1.165, 1.54) is 19.7 Å². The van der Waals surface area contributed by atoms with Gasteiger partial charge in [-0.1, -0.05) is 19.3 Å². The van der Waals surface area contributed by atoms with E-state index < -0.39 is 5.97 Å². The number of ketones is 1. The smallest absolute Gasteiger partial charge is 0.339 e. The van der Waals surface area contributed by atoms with Crippen molar-refractivity contribution in [2.45, 2.75) is 32.1 Å². The molecule has 0 atom stereocenters. The molecular formula is C13H17NO3. The predicted molar refractivity (Wildman–Crippen MR) is 63.0 cm³/mol. The summed E-state index contributed by atoms with van der Waals surface area (Å²) in [5.41, 5.74) is 0.934. The number of aromatic nitrogens is 1. The molecule has 0 aliphatic heterocycles. The average molecular weight is 235 g/mol. The molecule has 0 amide bonds. The number of aromatic amines is 1. The van der Waals surface area contributed by atoms with Gasteiger partial charge in [0.25, 0.3) is 0 Å². The van der Waals surface area contributed by atoms with Crippen LogP contribution in [0, 0.1) is 5.92 Å². The molecule has 1 aliphatic carbocycles. The molecule has 1 saturated carbocycles. The van der Waals surface area contributed by atoms with Gasteiger partial charge in [0, 0.05) is 12.1 Å². The lowest BCUT2D eigenvalue weighted by atomic mass is 9.85. The highest BCUT2D eigenvalue weighted by Gasteiger charge is 2.24. The van der Waals surface area contributed by atoms with Gasteiger partial charge in [-0.15, -0.1) is 0 Å². The van der Waals surface area contributed by atoms with Crippen LogP contribution in [0.3, 0.4) is 0 Å². The topological polar surface area (TPSA) is 59.2 Å². The number of H-pyrrole nitrogens is 1. The van der Waals surface area contributed by atoms with E-state index in [1.807, 2.05) is 0 Å². The fourth-order valence-corrected chi connectivity index (χ4v) is 2.36. The zero-order valence-electron chi connectivity index (χ0n) is 9.99. The van der Waals surface area contributed by atoms with Gasteiger partial charge in [-0.05, 0) is 18.9 Å². The van der Waals surface area contributed by atoms with Crippen molar-refractivity contribution in [1.29, 1.82) is 0 Å². The van der Waals surface area contributed by atoms with Gasteiger partial charge >= 0.3 is 5.97 Å². The van der Waals surface area contributed by atoms with Crippen molar-refractivity contribution in [1.82, 2.24) is 4.98 Å². The van der Waals surface area contributed by atoms with Crippen molar-refractivity contribution in [3.63, 3.8) is 0 Å². The molecule has 0 saturated heterocycles. The van der Waals surface area contributed by atoms with Gasteiger partial charge in [-0.25, -0.2) is 4.79 Å². The molecule has 1 heterocycles. The minimum atomic E-state index is -0.413. The van der Waals surface area contributed by atoms with Gasteiger partial charge in [-0.3, -0.25) is 4.79 Å². The number of nitrogens with one attached hydrogen (secondary N) is 1. The first-order valence-corrected chi connectivity index (χ1v) is 6.03. The number of Topliss-reactive ketones (excluding diaryl/α,β-unsaturated/α-hetero) is 1. The number of hydrogen-bond acceptors (Lipinski definition) is 3. The van der Waals surface area contributed by atoms with Gasteiger partial charge in [-0.2, -0.15) is 0 Å². The van der Waals surface area contributed by atoms with E-state index in [0.717, 1.165) is 25.7 Å². The summed E-state index contributed by atoms with van der Waals surface area (Å²) in [6, 6.07) is 1.59. The minimum absolute atomic E-state index is 0.118. The van der Waals surface area contributed by atoms with Crippen LogP contribution >= 0.6 is 0 Å². The lowest BCUT2D eigenvalue weighted by Gasteiger charge is -2.19. The Balaban J connectivity index is 2.08. The van der Waals surface area contributed by atoms with Gasteiger partial charge in [0.05, 0.1) is 18.4 Å². The Labute approximate surface area is 100 Å². The Hall–Kier alpha value is -1.58. The SMILES string of the molecule is COC(=O)c1c[nH]c(C(=O)C2CCCCC2)c1. The Morgan fingerprint density at radius 1 is 1.29 bits per heavy atom. The van der Waals surface area contributed by atoms with Crippen LogP contribution in [-0.4, -0.2) is 23.8 Å². The predicted octanol–water partition coefficient (Wildman–Crippen LogP) is 2.56. The van der Waals surface area contributed by atoms with Crippen molar-refractivity contribution in [2.24, 2.45) is 5.92 Å². The third-order valence-electron chi connectivity index (χ3n) is 3.35. The highest BCUT2D eigenvalue weighted by molar-refractivity contribution is 5.99. The van der Waals surface area contributed by atoms with Crippen LogP contribution in [0.1, 0.15) is 53.0 Å². The zero-order chi connectivity index (χ0) is 12.3. The van der Waals surface area contributed by atoms with Crippen molar-refractivity contribution >= 4 is 11.8 Å². The Kier molecular flexibility index (Phi) is 3.61. The molecule has 0 unspecified atom stereocenters. The zero-order valence-corrected chi connectivity index (χ0v) is 9.99. The standard InChI is InChI=1S/C13H17NO3/c1-17-13(16)10-7-11(14-8-10)12(15)9-5-3-2-4-6-9/h7-9,14H,2-6H2,1H3. The Morgan fingerprint density at radius 2 is 2.00 bits per heavy atom. The number of carbonyl (C=O) groups is 2. The van der Waals surface area contributed by atoms with E-state index in [9.17, 15) is 9.59 Å². The van der Waals surface area contributed by atoms with Crippen molar-refractivity contribution in [3.05, 3.63) is 23.5 Å². The monoisotopic (exact) mass is 235 g/mol. The van der Waals surface area contributed by atoms with E-state index in [-0.39, 0.29) is 11.7 Å². The number of hydrogen-bond donors (Lipinski definition) is 1. The molecule has 1 aromatic heterocycles. The molecule has 1 aromatic rings. The summed E-state index contributed by atoms with van der Waals surface area (Å²) in [4.78, 5) is 26.3. The van der Waals surface area contributed by atoms with Crippen LogP contribution < -0.4 is 0 Å². The highest BCUT2D eigenvalue weighted by Crippen LogP contribution is 2.26. The lowest BCUT2D eigenvalue weighted by molar-refractivity contribution is 0.0601. The summed E-state index contributed by atoms with van der Waals surface area (Å²) in [5.74, 6) is -0.170. The highest BCUT2D eigenvalue weighted by atomic mass is 16.5. The van der Waals surface area contributed by atoms with Gasteiger partial charge in [0.15, 0.2) is 5.78 Å². The summed E-state index contributed by atoms with van der Waals surface area (Å²) in [6.07, 6.45) is 6.93.